The van der Waals surface area contributed by atoms with Crippen molar-refractivity contribution in [2.45, 2.75) is 39.0 Å². The van der Waals surface area contributed by atoms with E-state index in [0.717, 1.165) is 25.0 Å². The summed E-state index contributed by atoms with van der Waals surface area (Å²) in [5, 5.41) is 13.0. The third kappa shape index (κ3) is 7.34. The van der Waals surface area contributed by atoms with Gasteiger partial charge in [0.25, 0.3) is 5.91 Å². The Morgan fingerprint density at radius 3 is 2.48 bits per heavy atom. The lowest BCUT2D eigenvalue weighted by Gasteiger charge is -2.07. The van der Waals surface area contributed by atoms with E-state index in [1.54, 1.807) is 24.3 Å². The minimum Gasteiger partial charge on any atom is -0.550 e. The third-order valence-electron chi connectivity index (χ3n) is 2.93. The number of carboxylic acids is 1. The largest absolute Gasteiger partial charge is 0.550 e. The first-order valence-electron chi connectivity index (χ1n) is 7.34. The zero-order valence-corrected chi connectivity index (χ0v) is 12.4. The standard InChI is InChI=1S/C16H23NO4/c1-2-12-21-14-9-7-13(8-10-14)16(20)17-11-5-3-4-6-15(18)19/h7-10H,2-6,11-12H2,1H3,(H,17,20)(H,18,19)/p-1. The van der Waals surface area contributed by atoms with E-state index in [1.807, 2.05) is 6.92 Å². The number of hydrogen-bond acceptors (Lipinski definition) is 4. The van der Waals surface area contributed by atoms with E-state index < -0.39 is 5.97 Å². The van der Waals surface area contributed by atoms with Crippen LogP contribution in [0.5, 0.6) is 5.75 Å². The average Bonchev–Trinajstić information content (AvgIpc) is 2.48. The van der Waals surface area contributed by atoms with Crippen molar-refractivity contribution in [3.8, 4) is 5.75 Å². The molecule has 0 saturated heterocycles. The summed E-state index contributed by atoms with van der Waals surface area (Å²) in [6.07, 6.45) is 3.13. The third-order valence-corrected chi connectivity index (χ3v) is 2.93. The summed E-state index contributed by atoms with van der Waals surface area (Å²) in [6.45, 7) is 3.24. The number of carbonyl (C=O) groups excluding carboxylic acids is 2. The fraction of sp³-hybridized carbons (Fsp3) is 0.500. The number of rotatable bonds is 10. The highest BCUT2D eigenvalue weighted by Crippen LogP contribution is 2.12. The molecule has 0 bridgehead atoms. The molecule has 0 atom stereocenters. The molecule has 1 aromatic rings. The Morgan fingerprint density at radius 1 is 1.14 bits per heavy atom. The highest BCUT2D eigenvalue weighted by molar-refractivity contribution is 5.94. The molecule has 0 spiro atoms. The fourth-order valence-corrected chi connectivity index (χ4v) is 1.80. The van der Waals surface area contributed by atoms with E-state index in [4.69, 9.17) is 4.74 Å². The van der Waals surface area contributed by atoms with E-state index in [2.05, 4.69) is 5.32 Å². The molecule has 21 heavy (non-hydrogen) atoms. The minimum atomic E-state index is -1.02. The van der Waals surface area contributed by atoms with E-state index in [9.17, 15) is 14.7 Å². The lowest BCUT2D eigenvalue weighted by Crippen LogP contribution is -2.24. The molecule has 0 unspecified atom stereocenters. The Morgan fingerprint density at radius 2 is 1.86 bits per heavy atom. The van der Waals surface area contributed by atoms with Gasteiger partial charge in [-0.2, -0.15) is 0 Å². The summed E-state index contributed by atoms with van der Waals surface area (Å²) in [5.41, 5.74) is 0.591. The molecule has 0 saturated carbocycles. The lowest BCUT2D eigenvalue weighted by molar-refractivity contribution is -0.305. The van der Waals surface area contributed by atoms with Crippen LogP contribution in [0.4, 0.5) is 0 Å². The van der Waals surface area contributed by atoms with Crippen molar-refractivity contribution in [3.63, 3.8) is 0 Å². The number of carbonyl (C=O) groups is 2. The zero-order valence-electron chi connectivity index (χ0n) is 12.4. The van der Waals surface area contributed by atoms with Gasteiger partial charge in [0.15, 0.2) is 0 Å². The summed E-state index contributed by atoms with van der Waals surface area (Å²) in [7, 11) is 0. The van der Waals surface area contributed by atoms with Crippen LogP contribution in [0.3, 0.4) is 0 Å². The van der Waals surface area contributed by atoms with Crippen LogP contribution in [0.2, 0.25) is 0 Å². The highest BCUT2D eigenvalue weighted by Gasteiger charge is 2.04. The molecule has 1 N–H and O–H groups in total. The molecule has 1 aromatic carbocycles. The molecule has 116 valence electrons. The summed E-state index contributed by atoms with van der Waals surface area (Å²) < 4.78 is 5.45. The van der Waals surface area contributed by atoms with Crippen molar-refractivity contribution < 1.29 is 19.4 Å². The number of nitrogens with one attached hydrogen (secondary N) is 1. The quantitative estimate of drug-likeness (QED) is 0.663. The summed E-state index contributed by atoms with van der Waals surface area (Å²) >= 11 is 0. The van der Waals surface area contributed by atoms with Gasteiger partial charge in [0.1, 0.15) is 5.75 Å². The normalized spacial score (nSPS) is 10.1. The second kappa shape index (κ2) is 9.80. The molecular formula is C16H22NO4-. The van der Waals surface area contributed by atoms with Gasteiger partial charge in [-0.15, -0.1) is 0 Å². The topological polar surface area (TPSA) is 78.5 Å². The maximum atomic E-state index is 11.9. The van der Waals surface area contributed by atoms with Crippen LogP contribution in [0, 0.1) is 0 Å². The first kappa shape index (κ1) is 17.0. The van der Waals surface area contributed by atoms with Gasteiger partial charge in [0.05, 0.1) is 6.61 Å². The molecule has 0 aromatic heterocycles. The Bertz CT molecular complexity index is 442. The minimum absolute atomic E-state index is 0.0766. The van der Waals surface area contributed by atoms with Crippen molar-refractivity contribution in [2.75, 3.05) is 13.2 Å². The number of amides is 1. The highest BCUT2D eigenvalue weighted by atomic mass is 16.5. The van der Waals surface area contributed by atoms with Crippen molar-refractivity contribution in [1.82, 2.24) is 5.32 Å². The number of unbranched alkanes of at least 4 members (excludes halogenated alkanes) is 2. The predicted octanol–water partition coefficient (Wildman–Crippen LogP) is 1.52. The Kier molecular flexibility index (Phi) is 7.94. The van der Waals surface area contributed by atoms with Gasteiger partial charge in [-0.05, 0) is 49.9 Å². The summed E-state index contributed by atoms with van der Waals surface area (Å²) in [6, 6.07) is 7.03. The predicted molar refractivity (Wildman–Crippen MR) is 78.0 cm³/mol. The van der Waals surface area contributed by atoms with Gasteiger partial charge in [-0.3, -0.25) is 4.79 Å². The van der Waals surface area contributed by atoms with E-state index in [1.165, 1.54) is 0 Å². The van der Waals surface area contributed by atoms with Crippen molar-refractivity contribution in [2.24, 2.45) is 0 Å². The Labute approximate surface area is 125 Å². The van der Waals surface area contributed by atoms with Crippen LogP contribution in [0.15, 0.2) is 24.3 Å². The Hall–Kier alpha value is -2.04. The van der Waals surface area contributed by atoms with Crippen LogP contribution in [-0.2, 0) is 4.79 Å². The van der Waals surface area contributed by atoms with Crippen LogP contribution < -0.4 is 15.2 Å². The zero-order chi connectivity index (χ0) is 15.5. The molecule has 0 heterocycles. The van der Waals surface area contributed by atoms with Gasteiger partial charge in [-0.1, -0.05) is 13.3 Å². The molecular weight excluding hydrogens is 270 g/mol. The second-order valence-corrected chi connectivity index (χ2v) is 4.81. The van der Waals surface area contributed by atoms with Gasteiger partial charge in [-0.25, -0.2) is 0 Å². The SMILES string of the molecule is CCCOc1ccc(C(=O)NCCCCCC(=O)[O-])cc1. The Balaban J connectivity index is 2.24. The fourth-order valence-electron chi connectivity index (χ4n) is 1.80. The van der Waals surface area contributed by atoms with Gasteiger partial charge < -0.3 is 20.0 Å². The molecule has 1 rings (SSSR count). The number of carboxylic acid groups (broad SMARTS) is 1. The molecule has 5 nitrogen and oxygen atoms in total. The maximum Gasteiger partial charge on any atom is 0.251 e. The van der Waals surface area contributed by atoms with Crippen LogP contribution in [0.1, 0.15) is 49.4 Å². The van der Waals surface area contributed by atoms with Gasteiger partial charge >= 0.3 is 0 Å². The first-order chi connectivity index (χ1) is 10.1. The van der Waals surface area contributed by atoms with Gasteiger partial charge in [0.2, 0.25) is 0 Å². The van der Waals surface area contributed by atoms with Gasteiger partial charge in [0, 0.05) is 18.1 Å². The maximum absolute atomic E-state index is 11.9. The molecule has 0 fully saturated rings. The van der Waals surface area contributed by atoms with E-state index in [0.29, 0.717) is 25.1 Å². The molecule has 0 aliphatic rings. The summed E-state index contributed by atoms with van der Waals surface area (Å²) in [4.78, 5) is 22.1. The smallest absolute Gasteiger partial charge is 0.251 e. The molecule has 0 radical (unpaired) electrons. The average molecular weight is 292 g/mol. The summed E-state index contributed by atoms with van der Waals surface area (Å²) in [5.74, 6) is -0.392. The number of aliphatic carboxylic acids is 1. The number of hydrogen-bond donors (Lipinski definition) is 1. The van der Waals surface area contributed by atoms with E-state index >= 15 is 0 Å². The number of benzene rings is 1. The van der Waals surface area contributed by atoms with Crippen LogP contribution in [-0.4, -0.2) is 25.0 Å². The molecule has 0 aliphatic carbocycles. The molecule has 1 amide bonds. The first-order valence-corrected chi connectivity index (χ1v) is 7.34. The van der Waals surface area contributed by atoms with Crippen molar-refractivity contribution in [3.05, 3.63) is 29.8 Å². The molecule has 5 heteroatoms. The monoisotopic (exact) mass is 292 g/mol. The molecule has 0 aliphatic heterocycles. The number of ether oxygens (including phenoxy) is 1. The van der Waals surface area contributed by atoms with Crippen LogP contribution >= 0.6 is 0 Å². The van der Waals surface area contributed by atoms with Crippen molar-refractivity contribution >= 4 is 11.9 Å². The second-order valence-electron chi connectivity index (χ2n) is 4.81. The van der Waals surface area contributed by atoms with E-state index in [-0.39, 0.29) is 12.3 Å². The van der Waals surface area contributed by atoms with Crippen LogP contribution in [0.25, 0.3) is 0 Å². The lowest BCUT2D eigenvalue weighted by atomic mass is 10.2. The van der Waals surface area contributed by atoms with Crippen molar-refractivity contribution in [1.29, 1.82) is 0 Å².